The maximum absolute atomic E-state index is 11.5. The zero-order valence-electron chi connectivity index (χ0n) is 11.8. The Bertz CT molecular complexity index is 898. The molecule has 0 saturated heterocycles. The van der Waals surface area contributed by atoms with Crippen LogP contribution in [0.25, 0.3) is 17.1 Å². The second-order valence-corrected chi connectivity index (χ2v) is 7.35. The molecule has 0 atom stereocenters. The van der Waals surface area contributed by atoms with Crippen LogP contribution in [0.1, 0.15) is 0 Å². The smallest absolute Gasteiger partial charge is 0.175 e. The fourth-order valence-electron chi connectivity index (χ4n) is 2.18. The lowest BCUT2D eigenvalue weighted by molar-refractivity contribution is 0.602. The molecule has 112 valence electrons. The van der Waals surface area contributed by atoms with Gasteiger partial charge in [0.1, 0.15) is 5.82 Å². The molecule has 22 heavy (non-hydrogen) atoms. The average Bonchev–Trinajstić information content (AvgIpc) is 2.97. The first-order valence-electron chi connectivity index (χ1n) is 6.55. The van der Waals surface area contributed by atoms with E-state index in [9.17, 15) is 8.42 Å². The zero-order chi connectivity index (χ0) is 15.7. The van der Waals surface area contributed by atoms with E-state index in [1.165, 1.54) is 6.26 Å². The van der Waals surface area contributed by atoms with E-state index in [0.29, 0.717) is 9.92 Å². The van der Waals surface area contributed by atoms with Crippen molar-refractivity contribution in [1.29, 1.82) is 0 Å². The molecule has 0 spiro atoms. The molecule has 2 aromatic carbocycles. The van der Waals surface area contributed by atoms with Gasteiger partial charge < -0.3 is 0 Å². The van der Waals surface area contributed by atoms with Crippen LogP contribution in [-0.2, 0) is 9.84 Å². The molecular weight excluding hydrogens is 320 g/mol. The highest BCUT2D eigenvalue weighted by Gasteiger charge is 2.10. The molecule has 0 radical (unpaired) electrons. The van der Waals surface area contributed by atoms with Crippen molar-refractivity contribution in [3.63, 3.8) is 0 Å². The highest BCUT2D eigenvalue weighted by atomic mass is 35.5. The van der Waals surface area contributed by atoms with Crippen molar-refractivity contribution in [2.75, 3.05) is 6.26 Å². The van der Waals surface area contributed by atoms with E-state index in [-0.39, 0.29) is 0 Å². The van der Waals surface area contributed by atoms with E-state index in [4.69, 9.17) is 11.6 Å². The van der Waals surface area contributed by atoms with Gasteiger partial charge in [0.2, 0.25) is 0 Å². The third-order valence-corrected chi connectivity index (χ3v) is 4.67. The van der Waals surface area contributed by atoms with Crippen LogP contribution in [0.3, 0.4) is 0 Å². The summed E-state index contributed by atoms with van der Waals surface area (Å²) in [5, 5.41) is 0.666. The number of hydrogen-bond donors (Lipinski definition) is 0. The summed E-state index contributed by atoms with van der Waals surface area (Å²) in [7, 11) is -3.19. The van der Waals surface area contributed by atoms with Gasteiger partial charge in [0.15, 0.2) is 9.84 Å². The second kappa shape index (κ2) is 5.59. The molecule has 0 saturated carbocycles. The molecular formula is C16H13ClN2O2S. The highest BCUT2D eigenvalue weighted by molar-refractivity contribution is 7.90. The van der Waals surface area contributed by atoms with Gasteiger partial charge in [-0.3, -0.25) is 4.57 Å². The van der Waals surface area contributed by atoms with Crippen LogP contribution in [0.15, 0.2) is 65.8 Å². The number of aromatic nitrogens is 2. The Labute approximate surface area is 133 Å². The van der Waals surface area contributed by atoms with E-state index >= 15 is 0 Å². The molecule has 0 aliphatic rings. The molecule has 0 unspecified atom stereocenters. The standard InChI is InChI=1S/C16H13ClN2O2S/c1-22(20,21)15-8-6-14(7-9-15)19-11-10-18-16(19)12-2-4-13(17)5-3-12/h2-11H,1H3. The summed E-state index contributed by atoms with van der Waals surface area (Å²) >= 11 is 5.91. The third kappa shape index (κ3) is 2.91. The van der Waals surface area contributed by atoms with Crippen LogP contribution in [0.4, 0.5) is 0 Å². The SMILES string of the molecule is CS(=O)(=O)c1ccc(-n2ccnc2-c2ccc(Cl)cc2)cc1. The largest absolute Gasteiger partial charge is 0.300 e. The number of hydrogen-bond acceptors (Lipinski definition) is 3. The topological polar surface area (TPSA) is 52.0 Å². The summed E-state index contributed by atoms with van der Waals surface area (Å²) in [4.78, 5) is 4.66. The Morgan fingerprint density at radius 3 is 2.23 bits per heavy atom. The number of nitrogens with zero attached hydrogens (tertiary/aromatic N) is 2. The molecule has 0 aliphatic carbocycles. The fraction of sp³-hybridized carbons (Fsp3) is 0.0625. The monoisotopic (exact) mass is 332 g/mol. The Morgan fingerprint density at radius 2 is 1.64 bits per heavy atom. The Hall–Kier alpha value is -2.11. The van der Waals surface area contributed by atoms with E-state index < -0.39 is 9.84 Å². The van der Waals surface area contributed by atoms with Gasteiger partial charge in [-0.05, 0) is 48.5 Å². The maximum atomic E-state index is 11.5. The normalized spacial score (nSPS) is 11.5. The minimum atomic E-state index is -3.19. The van der Waals surface area contributed by atoms with Crippen molar-refractivity contribution in [2.24, 2.45) is 0 Å². The van der Waals surface area contributed by atoms with Crippen molar-refractivity contribution in [1.82, 2.24) is 9.55 Å². The van der Waals surface area contributed by atoms with Crippen molar-refractivity contribution in [2.45, 2.75) is 4.90 Å². The van der Waals surface area contributed by atoms with Gasteiger partial charge in [-0.2, -0.15) is 0 Å². The van der Waals surface area contributed by atoms with Crippen molar-refractivity contribution in [3.05, 3.63) is 65.9 Å². The van der Waals surface area contributed by atoms with Gasteiger partial charge in [-0.25, -0.2) is 13.4 Å². The Morgan fingerprint density at radius 1 is 1.00 bits per heavy atom. The van der Waals surface area contributed by atoms with Gasteiger partial charge in [0.25, 0.3) is 0 Å². The van der Waals surface area contributed by atoms with Crippen molar-refractivity contribution >= 4 is 21.4 Å². The van der Waals surface area contributed by atoms with Gasteiger partial charge in [-0.15, -0.1) is 0 Å². The zero-order valence-corrected chi connectivity index (χ0v) is 13.3. The second-order valence-electron chi connectivity index (χ2n) is 4.89. The summed E-state index contributed by atoms with van der Waals surface area (Å²) in [6, 6.07) is 14.1. The summed E-state index contributed by atoms with van der Waals surface area (Å²) in [6.45, 7) is 0. The predicted molar refractivity (Wildman–Crippen MR) is 87.1 cm³/mol. The number of rotatable bonds is 3. The van der Waals surface area contributed by atoms with E-state index in [0.717, 1.165) is 17.1 Å². The maximum Gasteiger partial charge on any atom is 0.175 e. The summed E-state index contributed by atoms with van der Waals surface area (Å²) in [5.41, 5.74) is 1.77. The van der Waals surface area contributed by atoms with Crippen LogP contribution in [0.5, 0.6) is 0 Å². The molecule has 3 rings (SSSR count). The lowest BCUT2D eigenvalue weighted by Crippen LogP contribution is -1.99. The van der Waals surface area contributed by atoms with E-state index in [1.807, 2.05) is 35.0 Å². The van der Waals surface area contributed by atoms with Crippen molar-refractivity contribution < 1.29 is 8.42 Å². The lowest BCUT2D eigenvalue weighted by atomic mass is 10.2. The number of halogens is 1. The third-order valence-electron chi connectivity index (χ3n) is 3.29. The van der Waals surface area contributed by atoms with Crippen LogP contribution < -0.4 is 0 Å². The van der Waals surface area contributed by atoms with Crippen LogP contribution in [0, 0.1) is 0 Å². The van der Waals surface area contributed by atoms with Crippen LogP contribution in [-0.4, -0.2) is 24.2 Å². The summed E-state index contributed by atoms with van der Waals surface area (Å²) in [6.07, 6.45) is 4.73. The number of sulfone groups is 1. The molecule has 6 heteroatoms. The number of benzene rings is 2. The predicted octanol–water partition coefficient (Wildman–Crippen LogP) is 3.60. The lowest BCUT2D eigenvalue weighted by Gasteiger charge is -2.09. The molecule has 0 N–H and O–H groups in total. The van der Waals surface area contributed by atoms with Gasteiger partial charge in [-0.1, -0.05) is 11.6 Å². The average molecular weight is 333 g/mol. The summed E-state index contributed by atoms with van der Waals surface area (Å²) in [5.74, 6) is 0.767. The van der Waals surface area contributed by atoms with Gasteiger partial charge >= 0.3 is 0 Å². The molecule has 0 amide bonds. The van der Waals surface area contributed by atoms with Gasteiger partial charge in [0.05, 0.1) is 4.90 Å². The Balaban J connectivity index is 2.03. The van der Waals surface area contributed by atoms with Gasteiger partial charge in [0, 0.05) is 34.9 Å². The quantitative estimate of drug-likeness (QED) is 0.736. The first-order valence-corrected chi connectivity index (χ1v) is 8.82. The van der Waals surface area contributed by atoms with Crippen LogP contribution >= 0.6 is 11.6 Å². The molecule has 1 aromatic heterocycles. The first kappa shape index (κ1) is 14.8. The van der Waals surface area contributed by atoms with E-state index in [1.54, 1.807) is 30.5 Å². The minimum absolute atomic E-state index is 0.296. The van der Waals surface area contributed by atoms with E-state index in [2.05, 4.69) is 4.98 Å². The molecule has 4 nitrogen and oxygen atoms in total. The molecule has 0 fully saturated rings. The fourth-order valence-corrected chi connectivity index (χ4v) is 2.93. The minimum Gasteiger partial charge on any atom is -0.300 e. The Kier molecular flexibility index (Phi) is 3.76. The highest BCUT2D eigenvalue weighted by Crippen LogP contribution is 2.23. The molecule has 0 bridgehead atoms. The van der Waals surface area contributed by atoms with Crippen molar-refractivity contribution in [3.8, 4) is 17.1 Å². The summed E-state index contributed by atoms with van der Waals surface area (Å²) < 4.78 is 24.9. The molecule has 0 aliphatic heterocycles. The number of imidazole rings is 1. The molecule has 1 heterocycles. The van der Waals surface area contributed by atoms with Crippen LogP contribution in [0.2, 0.25) is 5.02 Å². The molecule has 3 aromatic rings. The first-order chi connectivity index (χ1) is 10.4.